The van der Waals surface area contributed by atoms with Crippen LogP contribution in [0.25, 0.3) is 0 Å². The minimum absolute atomic E-state index is 0.0969. The van der Waals surface area contributed by atoms with Crippen LogP contribution in [0.1, 0.15) is 30.5 Å². The van der Waals surface area contributed by atoms with Crippen LogP contribution in [0.5, 0.6) is 5.75 Å². The van der Waals surface area contributed by atoms with E-state index in [9.17, 15) is 9.18 Å². The average Bonchev–Trinajstić information content (AvgIpc) is 3.08. The first-order chi connectivity index (χ1) is 14.4. The Balaban J connectivity index is 1.64. The zero-order valence-electron chi connectivity index (χ0n) is 17.5. The summed E-state index contributed by atoms with van der Waals surface area (Å²) in [7, 11) is 1.91. The number of hydrogen-bond acceptors (Lipinski definition) is 2. The van der Waals surface area contributed by atoms with Gasteiger partial charge in [0.15, 0.2) is 0 Å². The molecule has 156 valence electrons. The van der Waals surface area contributed by atoms with Gasteiger partial charge in [-0.05, 0) is 60.9 Å². The van der Waals surface area contributed by atoms with E-state index in [0.717, 1.165) is 28.1 Å². The van der Waals surface area contributed by atoms with Gasteiger partial charge in [0.2, 0.25) is 0 Å². The number of aromatic nitrogens is 1. The topological polar surface area (TPSA) is 37.7 Å². The fourth-order valence-electron chi connectivity index (χ4n) is 3.72. The van der Waals surface area contributed by atoms with Crippen molar-refractivity contribution in [1.29, 1.82) is 0 Å². The summed E-state index contributed by atoms with van der Waals surface area (Å²) in [4.78, 5) is 17.0. The SMILES string of the molecule is CC(C)Oc1ccc(CN2Cc3ccc(F)cc3CN(c3ccn(C)c3)C2=O)cc1. The van der Waals surface area contributed by atoms with E-state index in [1.165, 1.54) is 12.1 Å². The van der Waals surface area contributed by atoms with Crippen molar-refractivity contribution >= 4 is 11.7 Å². The molecular formula is C24H26FN3O2. The predicted octanol–water partition coefficient (Wildman–Crippen LogP) is 5.09. The minimum atomic E-state index is -0.289. The highest BCUT2D eigenvalue weighted by atomic mass is 19.1. The van der Waals surface area contributed by atoms with E-state index in [-0.39, 0.29) is 18.0 Å². The first kappa shape index (κ1) is 20.0. The Kier molecular flexibility index (Phi) is 5.48. The normalized spacial score (nSPS) is 14.1. The number of anilines is 1. The zero-order chi connectivity index (χ0) is 21.3. The van der Waals surface area contributed by atoms with Gasteiger partial charge in [-0.15, -0.1) is 0 Å². The third-order valence-corrected chi connectivity index (χ3v) is 5.16. The minimum Gasteiger partial charge on any atom is -0.491 e. The molecule has 0 saturated heterocycles. The number of aryl methyl sites for hydroxylation is 1. The molecule has 0 fully saturated rings. The van der Waals surface area contributed by atoms with Gasteiger partial charge in [0, 0.05) is 32.5 Å². The van der Waals surface area contributed by atoms with E-state index in [0.29, 0.717) is 19.6 Å². The summed E-state index contributed by atoms with van der Waals surface area (Å²) in [6, 6.07) is 14.4. The molecule has 0 atom stereocenters. The summed E-state index contributed by atoms with van der Waals surface area (Å²) >= 11 is 0. The lowest BCUT2D eigenvalue weighted by atomic mass is 10.1. The van der Waals surface area contributed by atoms with Crippen molar-refractivity contribution in [3.05, 3.63) is 83.4 Å². The summed E-state index contributed by atoms with van der Waals surface area (Å²) in [6.07, 6.45) is 3.91. The van der Waals surface area contributed by atoms with Gasteiger partial charge in [-0.1, -0.05) is 18.2 Å². The Bertz CT molecular complexity index is 1040. The summed E-state index contributed by atoms with van der Waals surface area (Å²) in [5.41, 5.74) is 3.60. The van der Waals surface area contributed by atoms with Crippen LogP contribution in [0.3, 0.4) is 0 Å². The quantitative estimate of drug-likeness (QED) is 0.591. The summed E-state index contributed by atoms with van der Waals surface area (Å²) in [6.45, 7) is 5.21. The number of fused-ring (bicyclic) bond motifs is 1. The number of halogens is 1. The van der Waals surface area contributed by atoms with Gasteiger partial charge in [0.1, 0.15) is 11.6 Å². The van der Waals surface area contributed by atoms with Gasteiger partial charge in [-0.25, -0.2) is 9.18 Å². The molecule has 3 aromatic rings. The highest BCUT2D eigenvalue weighted by Gasteiger charge is 2.28. The maximum Gasteiger partial charge on any atom is 0.325 e. The molecule has 30 heavy (non-hydrogen) atoms. The highest BCUT2D eigenvalue weighted by molar-refractivity contribution is 5.92. The molecule has 1 aliphatic heterocycles. The molecule has 2 amide bonds. The van der Waals surface area contributed by atoms with Crippen molar-refractivity contribution in [2.75, 3.05) is 4.90 Å². The standard InChI is InChI=1S/C24H26FN3O2/c1-17(2)30-23-8-4-18(5-9-23)13-27-14-19-6-7-21(25)12-20(19)15-28(24(27)29)22-10-11-26(3)16-22/h4-12,16-17H,13-15H2,1-3H3. The van der Waals surface area contributed by atoms with Crippen LogP contribution in [0.2, 0.25) is 0 Å². The molecule has 0 spiro atoms. The van der Waals surface area contributed by atoms with E-state index in [2.05, 4.69) is 0 Å². The lowest BCUT2D eigenvalue weighted by Gasteiger charge is -2.27. The van der Waals surface area contributed by atoms with E-state index >= 15 is 0 Å². The van der Waals surface area contributed by atoms with Crippen molar-refractivity contribution in [3.8, 4) is 5.75 Å². The van der Waals surface area contributed by atoms with Crippen LogP contribution in [0.15, 0.2) is 60.9 Å². The molecule has 0 unspecified atom stereocenters. The Labute approximate surface area is 176 Å². The fourth-order valence-corrected chi connectivity index (χ4v) is 3.72. The van der Waals surface area contributed by atoms with Gasteiger partial charge in [0.05, 0.1) is 18.3 Å². The second-order valence-electron chi connectivity index (χ2n) is 7.98. The molecule has 0 saturated carbocycles. The summed E-state index contributed by atoms with van der Waals surface area (Å²) < 4.78 is 21.5. The number of carbonyl (C=O) groups is 1. The molecular weight excluding hydrogens is 381 g/mol. The van der Waals surface area contributed by atoms with Crippen molar-refractivity contribution < 1.29 is 13.9 Å². The van der Waals surface area contributed by atoms with Crippen LogP contribution in [0, 0.1) is 5.82 Å². The number of hydrogen-bond donors (Lipinski definition) is 0. The number of benzene rings is 2. The van der Waals surface area contributed by atoms with Crippen LogP contribution >= 0.6 is 0 Å². The molecule has 0 aliphatic carbocycles. The molecule has 2 heterocycles. The molecule has 6 heteroatoms. The van der Waals surface area contributed by atoms with Gasteiger partial charge in [0.25, 0.3) is 0 Å². The maximum atomic E-state index is 13.9. The van der Waals surface area contributed by atoms with Crippen LogP contribution in [-0.4, -0.2) is 21.6 Å². The number of nitrogens with zero attached hydrogens (tertiary/aromatic N) is 3. The molecule has 0 radical (unpaired) electrons. The molecule has 5 nitrogen and oxygen atoms in total. The molecule has 4 rings (SSSR count). The van der Waals surface area contributed by atoms with Gasteiger partial charge in [-0.2, -0.15) is 0 Å². The first-order valence-electron chi connectivity index (χ1n) is 10.1. The average molecular weight is 407 g/mol. The third-order valence-electron chi connectivity index (χ3n) is 5.16. The van der Waals surface area contributed by atoms with E-state index < -0.39 is 0 Å². The Hall–Kier alpha value is -3.28. The largest absolute Gasteiger partial charge is 0.491 e. The Morgan fingerprint density at radius 2 is 1.80 bits per heavy atom. The van der Waals surface area contributed by atoms with Gasteiger partial charge < -0.3 is 14.2 Å². The highest BCUT2D eigenvalue weighted by Crippen LogP contribution is 2.28. The number of urea groups is 1. The van der Waals surface area contributed by atoms with Crippen molar-refractivity contribution in [3.63, 3.8) is 0 Å². The zero-order valence-corrected chi connectivity index (χ0v) is 17.5. The molecule has 1 aliphatic rings. The van der Waals surface area contributed by atoms with Gasteiger partial charge >= 0.3 is 6.03 Å². The summed E-state index contributed by atoms with van der Waals surface area (Å²) in [5, 5.41) is 0. The second-order valence-corrected chi connectivity index (χ2v) is 7.98. The monoisotopic (exact) mass is 407 g/mol. The van der Waals surface area contributed by atoms with Crippen LogP contribution in [-0.2, 0) is 26.7 Å². The predicted molar refractivity (Wildman–Crippen MR) is 115 cm³/mol. The Morgan fingerprint density at radius 1 is 1.03 bits per heavy atom. The van der Waals surface area contributed by atoms with E-state index in [1.54, 1.807) is 15.9 Å². The van der Waals surface area contributed by atoms with E-state index in [4.69, 9.17) is 4.74 Å². The number of ether oxygens (including phenoxy) is 1. The number of rotatable bonds is 5. The van der Waals surface area contributed by atoms with Crippen LogP contribution < -0.4 is 9.64 Å². The molecule has 0 bridgehead atoms. The lowest BCUT2D eigenvalue weighted by Crippen LogP contribution is -2.40. The van der Waals surface area contributed by atoms with Crippen molar-refractivity contribution in [2.45, 2.75) is 39.6 Å². The molecule has 0 N–H and O–H groups in total. The maximum absolute atomic E-state index is 13.9. The molecule has 2 aromatic carbocycles. The smallest absolute Gasteiger partial charge is 0.325 e. The second kappa shape index (κ2) is 8.22. The first-order valence-corrected chi connectivity index (χ1v) is 10.1. The number of carbonyl (C=O) groups excluding carboxylic acids is 1. The summed E-state index contributed by atoms with van der Waals surface area (Å²) in [5.74, 6) is 0.520. The van der Waals surface area contributed by atoms with Crippen LogP contribution in [0.4, 0.5) is 14.9 Å². The number of amides is 2. The van der Waals surface area contributed by atoms with E-state index in [1.807, 2.05) is 68.2 Å². The van der Waals surface area contributed by atoms with Crippen molar-refractivity contribution in [2.24, 2.45) is 7.05 Å². The van der Waals surface area contributed by atoms with Crippen molar-refractivity contribution in [1.82, 2.24) is 9.47 Å². The lowest BCUT2D eigenvalue weighted by molar-refractivity contribution is 0.201. The van der Waals surface area contributed by atoms with Gasteiger partial charge in [-0.3, -0.25) is 4.90 Å². The molecule has 1 aromatic heterocycles. The fraction of sp³-hybridized carbons (Fsp3) is 0.292. The third kappa shape index (κ3) is 4.32. The Morgan fingerprint density at radius 3 is 2.47 bits per heavy atom.